The van der Waals surface area contributed by atoms with Gasteiger partial charge in [0.1, 0.15) is 6.10 Å². The highest BCUT2D eigenvalue weighted by Crippen LogP contribution is 2.18. The summed E-state index contributed by atoms with van der Waals surface area (Å²) in [6.07, 6.45) is 0.771. The first kappa shape index (κ1) is 12.0. The lowest BCUT2D eigenvalue weighted by molar-refractivity contribution is -0.137. The van der Waals surface area contributed by atoms with Gasteiger partial charge in [0.25, 0.3) is 0 Å². The maximum Gasteiger partial charge on any atom is 0.303 e. The Morgan fingerprint density at radius 2 is 2.35 bits per heavy atom. The number of hydrogen-bond donors (Lipinski definition) is 1. The Labute approximate surface area is 97.7 Å². The molecule has 1 fully saturated rings. The topological polar surface area (TPSA) is 94.7 Å². The molecule has 1 atom stereocenters. The first-order valence-electron chi connectivity index (χ1n) is 5.49. The van der Waals surface area contributed by atoms with Crippen molar-refractivity contribution in [3.05, 3.63) is 11.7 Å². The first-order chi connectivity index (χ1) is 8.25. The molecule has 0 aliphatic carbocycles. The maximum atomic E-state index is 10.3. The van der Waals surface area contributed by atoms with Crippen molar-refractivity contribution in [1.82, 2.24) is 10.1 Å². The van der Waals surface area contributed by atoms with Crippen LogP contribution in [0.25, 0.3) is 0 Å². The van der Waals surface area contributed by atoms with Crippen molar-refractivity contribution in [3.8, 4) is 0 Å². The minimum atomic E-state index is -0.825. The fourth-order valence-corrected chi connectivity index (χ4v) is 1.53. The molecule has 94 valence electrons. The predicted molar refractivity (Wildman–Crippen MR) is 54.4 cm³/mol. The number of nitrogens with zero attached hydrogens (tertiary/aromatic N) is 2. The Morgan fingerprint density at radius 3 is 3.06 bits per heavy atom. The highest BCUT2D eigenvalue weighted by atomic mass is 16.6. The summed E-state index contributed by atoms with van der Waals surface area (Å²) in [5, 5.41) is 12.3. The second-order valence-electron chi connectivity index (χ2n) is 3.73. The van der Waals surface area contributed by atoms with Crippen LogP contribution in [0.2, 0.25) is 0 Å². The molecule has 7 nitrogen and oxygen atoms in total. The van der Waals surface area contributed by atoms with Gasteiger partial charge in [0.05, 0.1) is 19.8 Å². The molecule has 0 aromatic carbocycles. The molecule has 0 amide bonds. The van der Waals surface area contributed by atoms with E-state index in [4.69, 9.17) is 19.1 Å². The molecular weight excluding hydrogens is 228 g/mol. The van der Waals surface area contributed by atoms with Crippen LogP contribution in [0.3, 0.4) is 0 Å². The van der Waals surface area contributed by atoms with E-state index in [1.165, 1.54) is 0 Å². The first-order valence-corrected chi connectivity index (χ1v) is 5.49. The van der Waals surface area contributed by atoms with Crippen LogP contribution >= 0.6 is 0 Å². The van der Waals surface area contributed by atoms with Crippen LogP contribution in [0.4, 0.5) is 0 Å². The van der Waals surface area contributed by atoms with Gasteiger partial charge in [-0.25, -0.2) is 0 Å². The second kappa shape index (κ2) is 5.74. The maximum absolute atomic E-state index is 10.3. The van der Waals surface area contributed by atoms with Crippen LogP contribution in [-0.4, -0.2) is 41.0 Å². The van der Waals surface area contributed by atoms with E-state index >= 15 is 0 Å². The third-order valence-corrected chi connectivity index (χ3v) is 2.37. The molecule has 1 aliphatic rings. The summed E-state index contributed by atoms with van der Waals surface area (Å²) in [6.45, 7) is 1.53. The Bertz CT molecular complexity index is 373. The summed E-state index contributed by atoms with van der Waals surface area (Å²) in [5.41, 5.74) is 0. The van der Waals surface area contributed by atoms with Gasteiger partial charge in [-0.1, -0.05) is 5.16 Å². The van der Waals surface area contributed by atoms with E-state index in [1.54, 1.807) is 0 Å². The molecule has 1 aliphatic heterocycles. The van der Waals surface area contributed by atoms with Crippen molar-refractivity contribution in [2.75, 3.05) is 19.8 Å². The van der Waals surface area contributed by atoms with Crippen molar-refractivity contribution < 1.29 is 23.9 Å². The average molecular weight is 242 g/mol. The van der Waals surface area contributed by atoms with Gasteiger partial charge in [0.15, 0.2) is 0 Å². The predicted octanol–water partition coefficient (Wildman–Crippen LogP) is 0.565. The van der Waals surface area contributed by atoms with Crippen LogP contribution in [0.1, 0.15) is 30.7 Å². The Balaban J connectivity index is 1.84. The zero-order valence-corrected chi connectivity index (χ0v) is 9.29. The highest BCUT2D eigenvalue weighted by molar-refractivity contribution is 5.66. The summed E-state index contributed by atoms with van der Waals surface area (Å²) >= 11 is 0. The molecule has 0 saturated carbocycles. The third-order valence-electron chi connectivity index (χ3n) is 2.37. The molecule has 17 heavy (non-hydrogen) atoms. The fraction of sp³-hybridized carbons (Fsp3) is 0.700. The van der Waals surface area contributed by atoms with Gasteiger partial charge in [0, 0.05) is 12.8 Å². The molecule has 1 unspecified atom stereocenters. The number of hydrogen-bond acceptors (Lipinski definition) is 6. The van der Waals surface area contributed by atoms with Crippen molar-refractivity contribution in [3.63, 3.8) is 0 Å². The third kappa shape index (κ3) is 3.50. The van der Waals surface area contributed by atoms with E-state index in [2.05, 4.69) is 10.1 Å². The molecule has 2 rings (SSSR count). The molecule has 0 radical (unpaired) electrons. The van der Waals surface area contributed by atoms with Crippen molar-refractivity contribution in [1.29, 1.82) is 0 Å². The molecule has 7 heteroatoms. The standard InChI is InChI=1S/C10H14N2O5/c13-9(14)3-1-2-8-11-10(12-17-8)7-6-15-4-5-16-7/h7H,1-6H2,(H,13,14). The fourth-order valence-electron chi connectivity index (χ4n) is 1.53. The number of carboxylic acids is 1. The number of aromatic nitrogens is 2. The van der Waals surface area contributed by atoms with Gasteiger partial charge in [-0.05, 0) is 6.42 Å². The molecule has 2 heterocycles. The zero-order chi connectivity index (χ0) is 12.1. The molecule has 0 spiro atoms. The van der Waals surface area contributed by atoms with Crippen molar-refractivity contribution in [2.45, 2.75) is 25.4 Å². The SMILES string of the molecule is O=C(O)CCCc1nc(C2COCCO2)no1. The van der Waals surface area contributed by atoms with Gasteiger partial charge in [0.2, 0.25) is 11.7 Å². The number of ether oxygens (including phenoxy) is 2. The summed E-state index contributed by atoms with van der Waals surface area (Å²) in [7, 11) is 0. The van der Waals surface area contributed by atoms with Crippen LogP contribution in [-0.2, 0) is 20.7 Å². The molecule has 1 N–H and O–H groups in total. The summed E-state index contributed by atoms with van der Waals surface area (Å²) in [6, 6.07) is 0. The quantitative estimate of drug-likeness (QED) is 0.806. The molecule has 1 aromatic heterocycles. The van der Waals surface area contributed by atoms with Crippen molar-refractivity contribution in [2.24, 2.45) is 0 Å². The van der Waals surface area contributed by atoms with E-state index in [-0.39, 0.29) is 12.5 Å². The number of carboxylic acid groups (broad SMARTS) is 1. The highest BCUT2D eigenvalue weighted by Gasteiger charge is 2.22. The van der Waals surface area contributed by atoms with E-state index < -0.39 is 5.97 Å². The second-order valence-corrected chi connectivity index (χ2v) is 3.73. The van der Waals surface area contributed by atoms with E-state index in [0.29, 0.717) is 44.4 Å². The average Bonchev–Trinajstić information content (AvgIpc) is 2.78. The van der Waals surface area contributed by atoms with E-state index in [1.807, 2.05) is 0 Å². The smallest absolute Gasteiger partial charge is 0.303 e. The minimum Gasteiger partial charge on any atom is -0.481 e. The number of aryl methyl sites for hydroxylation is 1. The van der Waals surface area contributed by atoms with Gasteiger partial charge in [-0.3, -0.25) is 4.79 Å². The number of aliphatic carboxylic acids is 1. The van der Waals surface area contributed by atoms with E-state index in [9.17, 15) is 4.79 Å². The summed E-state index contributed by atoms with van der Waals surface area (Å²) in [5.74, 6) is 0.0826. The van der Waals surface area contributed by atoms with Gasteiger partial charge in [-0.15, -0.1) is 0 Å². The van der Waals surface area contributed by atoms with Gasteiger partial charge >= 0.3 is 5.97 Å². The van der Waals surface area contributed by atoms with E-state index in [0.717, 1.165) is 0 Å². The lowest BCUT2D eigenvalue weighted by Crippen LogP contribution is -2.22. The number of carbonyl (C=O) groups is 1. The molecular formula is C10H14N2O5. The Kier molecular flexibility index (Phi) is 4.05. The zero-order valence-electron chi connectivity index (χ0n) is 9.29. The van der Waals surface area contributed by atoms with Crippen LogP contribution in [0.15, 0.2) is 4.52 Å². The summed E-state index contributed by atoms with van der Waals surface area (Å²) in [4.78, 5) is 14.5. The molecule has 1 aromatic rings. The lowest BCUT2D eigenvalue weighted by Gasteiger charge is -2.19. The Hall–Kier alpha value is -1.47. The minimum absolute atomic E-state index is 0.0980. The van der Waals surface area contributed by atoms with Crippen LogP contribution < -0.4 is 0 Å². The van der Waals surface area contributed by atoms with Gasteiger partial charge in [-0.2, -0.15) is 4.98 Å². The Morgan fingerprint density at radius 1 is 1.47 bits per heavy atom. The molecule has 1 saturated heterocycles. The molecule has 0 bridgehead atoms. The van der Waals surface area contributed by atoms with Gasteiger partial charge < -0.3 is 19.1 Å². The lowest BCUT2D eigenvalue weighted by atomic mass is 10.2. The van der Waals surface area contributed by atoms with Crippen molar-refractivity contribution >= 4 is 5.97 Å². The largest absolute Gasteiger partial charge is 0.481 e. The normalized spacial score (nSPS) is 20.4. The van der Waals surface area contributed by atoms with Crippen LogP contribution in [0, 0.1) is 0 Å². The number of rotatable bonds is 5. The summed E-state index contributed by atoms with van der Waals surface area (Å²) < 4.78 is 15.7. The monoisotopic (exact) mass is 242 g/mol. The van der Waals surface area contributed by atoms with Crippen LogP contribution in [0.5, 0.6) is 0 Å².